The average molecular weight is 1340 g/mol. The summed E-state index contributed by atoms with van der Waals surface area (Å²) in [6, 6.07) is 0. The molecule has 0 aromatic heterocycles. The van der Waals surface area contributed by atoms with E-state index < -0.39 is 24.3 Å². The maximum atomic E-state index is 13.0. The molecule has 2 atom stereocenters. The summed E-state index contributed by atoms with van der Waals surface area (Å²) >= 11 is 0. The highest BCUT2D eigenvalue weighted by molar-refractivity contribution is 5.70. The van der Waals surface area contributed by atoms with Crippen molar-refractivity contribution < 1.29 is 42.9 Å². The molecule has 0 rings (SSSR count). The Balaban J connectivity index is 4.12. The highest BCUT2D eigenvalue weighted by Gasteiger charge is 2.22. The maximum absolute atomic E-state index is 13.0. The number of esters is 2. The lowest BCUT2D eigenvalue weighted by molar-refractivity contribution is -0.870. The fourth-order valence-electron chi connectivity index (χ4n) is 10.3. The van der Waals surface area contributed by atoms with Crippen LogP contribution in [0.15, 0.2) is 182 Å². The number of aliphatic carboxylic acids is 1. The molecule has 0 bridgehead atoms. The predicted octanol–water partition coefficient (Wildman–Crippen LogP) is 23.8. The third-order valence-corrected chi connectivity index (χ3v) is 16.1. The number of nitrogens with zero attached hydrogens (tertiary/aromatic N) is 1. The van der Waals surface area contributed by atoms with Crippen LogP contribution < -0.4 is 5.11 Å². The number of carboxylic acid groups (broad SMARTS) is 1. The molecule has 0 heterocycles. The van der Waals surface area contributed by atoms with Gasteiger partial charge in [0.25, 0.3) is 0 Å². The van der Waals surface area contributed by atoms with Gasteiger partial charge in [-0.3, -0.25) is 9.59 Å². The lowest BCUT2D eigenvalue weighted by Crippen LogP contribution is -2.44. The topological polar surface area (TPSA) is 111 Å². The molecule has 0 saturated carbocycles. The summed E-state index contributed by atoms with van der Waals surface area (Å²) in [5.41, 5.74) is 0. The van der Waals surface area contributed by atoms with E-state index in [0.29, 0.717) is 17.4 Å². The third kappa shape index (κ3) is 77.6. The van der Waals surface area contributed by atoms with E-state index in [0.717, 1.165) is 148 Å². The van der Waals surface area contributed by atoms with E-state index in [1.165, 1.54) is 116 Å². The van der Waals surface area contributed by atoms with Crippen LogP contribution in [0.5, 0.6) is 0 Å². The number of hydrogen-bond acceptors (Lipinski definition) is 8. The number of quaternary nitrogens is 1. The SMILES string of the molecule is CC/C=C\C/C=C\C/C=C\C/C=C\C/C=C\C/C=C\C/C=C\C/C=C\C/C=C\CCCCCCCC(=O)OC(COC(=O)CCCCCCCCCCCCCCCCCCCCCC/C=C\C/C=C\C/C=C\C/C=C\C/C=C\C/C=C\CC)COC(OCC[N+](C)(C)C)C(=O)[O-]. The average Bonchev–Trinajstić information content (AvgIpc) is 2.59. The van der Waals surface area contributed by atoms with Crippen molar-refractivity contribution in [3.05, 3.63) is 182 Å². The second kappa shape index (κ2) is 76.1. The van der Waals surface area contributed by atoms with Gasteiger partial charge >= 0.3 is 11.9 Å². The Kier molecular flexibility index (Phi) is 71.7. The van der Waals surface area contributed by atoms with Crippen molar-refractivity contribution in [3.8, 4) is 0 Å². The van der Waals surface area contributed by atoms with Gasteiger partial charge < -0.3 is 33.3 Å². The standard InChI is InChI=1S/C88H143NO8/c1-6-8-10-12-14-16-18-20-22-24-26-28-30-32-34-36-38-40-41-42-43-44-45-47-48-50-52-54-56-58-60-62-64-66-68-70-72-74-76-78-85(90)95-82-84(83-96-88(87(92)93)94-81-80-89(3,4)5)97-86(91)79-77-75-73-71-69-67-65-63-61-59-57-55-53-51-49-46-39-37-35-33-31-29-27-25-23-21-19-17-15-13-11-9-7-2/h8-11,14-17,20-23,26-29,32-35,38-40,46,51,53,57,59,63,65,84,88H,6-7,12-13,18-19,24-25,30-31,36-37,41-45,47-50,52,54-56,58,60-62,64,66-83H2,1-5H3/b10-8-,11-9-,16-14-,17-15-,22-20-,23-21-,28-26-,29-27-,34-32-,35-33-,40-38-,46-39-,53-51-,59-57-,65-63-. The first kappa shape index (κ1) is 91.4. The first-order valence-corrected chi connectivity index (χ1v) is 38.9. The molecule has 0 aromatic carbocycles. The summed E-state index contributed by atoms with van der Waals surface area (Å²) in [5, 5.41) is 11.9. The molecule has 0 saturated heterocycles. The van der Waals surface area contributed by atoms with E-state index in [2.05, 4.69) is 196 Å². The summed E-state index contributed by atoms with van der Waals surface area (Å²) in [7, 11) is 5.92. The van der Waals surface area contributed by atoms with Crippen LogP contribution in [-0.4, -0.2) is 82.3 Å². The quantitative estimate of drug-likeness (QED) is 0.0195. The number of carbonyl (C=O) groups is 3. The van der Waals surface area contributed by atoms with E-state index in [9.17, 15) is 19.5 Å². The molecule has 548 valence electrons. The molecule has 0 aromatic rings. The number of allylic oxidation sites excluding steroid dienone is 30. The molecule has 9 heteroatoms. The molecule has 0 aliphatic carbocycles. The van der Waals surface area contributed by atoms with Crippen molar-refractivity contribution in [1.82, 2.24) is 0 Å². The predicted molar refractivity (Wildman–Crippen MR) is 416 cm³/mol. The van der Waals surface area contributed by atoms with Crippen LogP contribution >= 0.6 is 0 Å². The van der Waals surface area contributed by atoms with Gasteiger partial charge in [-0.2, -0.15) is 0 Å². The second-order valence-electron chi connectivity index (χ2n) is 26.5. The van der Waals surface area contributed by atoms with Crippen molar-refractivity contribution in [3.63, 3.8) is 0 Å². The number of likely N-dealkylation sites (N-methyl/N-ethyl adjacent to an activating group) is 1. The Hall–Kier alpha value is -5.61. The van der Waals surface area contributed by atoms with Crippen molar-refractivity contribution in [2.75, 3.05) is 47.5 Å². The van der Waals surface area contributed by atoms with Gasteiger partial charge in [-0.15, -0.1) is 0 Å². The number of hydrogen-bond donors (Lipinski definition) is 0. The largest absolute Gasteiger partial charge is 0.545 e. The second-order valence-corrected chi connectivity index (χ2v) is 26.5. The normalized spacial score (nSPS) is 13.7. The third-order valence-electron chi connectivity index (χ3n) is 16.1. The zero-order valence-corrected chi connectivity index (χ0v) is 62.6. The van der Waals surface area contributed by atoms with Gasteiger partial charge in [0.05, 0.1) is 40.3 Å². The summed E-state index contributed by atoms with van der Waals surface area (Å²) < 4.78 is 22.8. The van der Waals surface area contributed by atoms with Crippen molar-refractivity contribution >= 4 is 17.9 Å². The Morgan fingerprint density at radius 2 is 0.557 bits per heavy atom. The zero-order valence-electron chi connectivity index (χ0n) is 62.6. The molecule has 9 nitrogen and oxygen atoms in total. The van der Waals surface area contributed by atoms with Gasteiger partial charge in [0.1, 0.15) is 13.2 Å². The Labute approximate surface area is 596 Å². The number of ether oxygens (including phenoxy) is 4. The van der Waals surface area contributed by atoms with Crippen LogP contribution in [0.3, 0.4) is 0 Å². The molecule has 97 heavy (non-hydrogen) atoms. The van der Waals surface area contributed by atoms with E-state index >= 15 is 0 Å². The van der Waals surface area contributed by atoms with E-state index in [4.69, 9.17) is 18.9 Å². The van der Waals surface area contributed by atoms with E-state index in [-0.39, 0.29) is 38.6 Å². The Bertz CT molecular complexity index is 2260. The van der Waals surface area contributed by atoms with Crippen molar-refractivity contribution in [2.45, 2.75) is 309 Å². The fraction of sp³-hybridized carbons (Fsp3) is 0.625. The minimum atomic E-state index is -1.64. The highest BCUT2D eigenvalue weighted by Crippen LogP contribution is 2.17. The van der Waals surface area contributed by atoms with Gasteiger partial charge in [-0.05, 0) is 135 Å². The summed E-state index contributed by atoms with van der Waals surface area (Å²) in [6.07, 6.45) is 113. The smallest absolute Gasteiger partial charge is 0.306 e. The molecular weight excluding hydrogens is 1200 g/mol. The highest BCUT2D eigenvalue weighted by atomic mass is 16.7. The Morgan fingerprint density at radius 3 is 0.825 bits per heavy atom. The van der Waals surface area contributed by atoms with Crippen molar-refractivity contribution in [1.29, 1.82) is 0 Å². The molecule has 0 spiro atoms. The fourth-order valence-corrected chi connectivity index (χ4v) is 10.3. The number of carboxylic acids is 1. The minimum absolute atomic E-state index is 0.136. The van der Waals surface area contributed by atoms with Crippen LogP contribution in [0.1, 0.15) is 296 Å². The van der Waals surface area contributed by atoms with Crippen LogP contribution in [0.25, 0.3) is 0 Å². The summed E-state index contributed by atoms with van der Waals surface area (Å²) in [4.78, 5) is 37.6. The van der Waals surface area contributed by atoms with Gasteiger partial charge in [0.2, 0.25) is 0 Å². The van der Waals surface area contributed by atoms with Gasteiger partial charge in [-0.1, -0.05) is 331 Å². The monoisotopic (exact) mass is 1340 g/mol. The summed E-state index contributed by atoms with van der Waals surface area (Å²) in [6.45, 7) is 4.50. The minimum Gasteiger partial charge on any atom is -0.545 e. The molecule has 0 amide bonds. The molecule has 0 N–H and O–H groups in total. The van der Waals surface area contributed by atoms with Crippen LogP contribution in [-0.2, 0) is 33.3 Å². The van der Waals surface area contributed by atoms with Crippen LogP contribution in [0.2, 0.25) is 0 Å². The lowest BCUT2D eigenvalue weighted by atomic mass is 10.0. The molecule has 0 aliphatic rings. The number of unbranched alkanes of at least 4 members (excludes halogenated alkanes) is 25. The zero-order chi connectivity index (χ0) is 70.4. The molecule has 0 fully saturated rings. The van der Waals surface area contributed by atoms with Gasteiger partial charge in [0, 0.05) is 12.8 Å². The van der Waals surface area contributed by atoms with Crippen molar-refractivity contribution in [2.24, 2.45) is 0 Å². The van der Waals surface area contributed by atoms with Gasteiger partial charge in [0.15, 0.2) is 12.4 Å². The molecule has 0 radical (unpaired) electrons. The molecule has 0 aliphatic heterocycles. The first-order chi connectivity index (χ1) is 47.6. The number of carbonyl (C=O) groups excluding carboxylic acids is 3. The van der Waals surface area contributed by atoms with Crippen LogP contribution in [0, 0.1) is 0 Å². The molecule has 2 unspecified atom stereocenters. The van der Waals surface area contributed by atoms with E-state index in [1.807, 2.05) is 21.1 Å². The Morgan fingerprint density at radius 1 is 0.309 bits per heavy atom. The maximum Gasteiger partial charge on any atom is 0.306 e. The molecular formula is C88H143NO8. The lowest BCUT2D eigenvalue weighted by Gasteiger charge is -2.26. The van der Waals surface area contributed by atoms with Gasteiger partial charge in [-0.25, -0.2) is 0 Å². The number of rotatable bonds is 70. The van der Waals surface area contributed by atoms with E-state index in [1.54, 1.807) is 0 Å². The summed E-state index contributed by atoms with van der Waals surface area (Å²) in [5.74, 6) is -2.32. The first-order valence-electron chi connectivity index (χ1n) is 38.9. The van der Waals surface area contributed by atoms with Crippen LogP contribution in [0.4, 0.5) is 0 Å².